The molecule has 1 heterocycles. The van der Waals surface area contributed by atoms with Crippen molar-refractivity contribution in [2.45, 2.75) is 20.3 Å². The minimum absolute atomic E-state index is 0.162. The lowest BCUT2D eigenvalue weighted by Crippen LogP contribution is -2.46. The first-order valence-electron chi connectivity index (χ1n) is 11.1. The van der Waals surface area contributed by atoms with Gasteiger partial charge in [-0.25, -0.2) is 0 Å². The van der Waals surface area contributed by atoms with Crippen molar-refractivity contribution in [1.82, 2.24) is 10.2 Å². The summed E-state index contributed by atoms with van der Waals surface area (Å²) in [6.45, 7) is 14.2. The Morgan fingerprint density at radius 3 is 1.53 bits per heavy atom. The van der Waals surface area contributed by atoms with E-state index in [9.17, 15) is 4.79 Å². The molecular weight excluding hydrogens is 392 g/mol. The third kappa shape index (κ3) is 16.9. The van der Waals surface area contributed by atoms with Crippen molar-refractivity contribution in [3.8, 4) is 0 Å². The fourth-order valence-electron chi connectivity index (χ4n) is 2.65. The van der Waals surface area contributed by atoms with Crippen LogP contribution in [0.1, 0.15) is 20.3 Å². The largest absolute Gasteiger partial charge is 0.379 e. The summed E-state index contributed by atoms with van der Waals surface area (Å²) in [6, 6.07) is 0. The molecule has 0 spiro atoms. The maximum atomic E-state index is 11.9. The van der Waals surface area contributed by atoms with Gasteiger partial charge in [-0.1, -0.05) is 13.8 Å². The second-order valence-corrected chi connectivity index (χ2v) is 7.41. The molecule has 1 aliphatic rings. The van der Waals surface area contributed by atoms with Gasteiger partial charge < -0.3 is 38.6 Å². The Labute approximate surface area is 181 Å². The van der Waals surface area contributed by atoms with Crippen molar-refractivity contribution in [3.63, 3.8) is 0 Å². The maximum Gasteiger partial charge on any atom is 0.224 e. The molecule has 1 aliphatic heterocycles. The van der Waals surface area contributed by atoms with E-state index in [1.807, 2.05) is 4.90 Å². The molecule has 1 fully saturated rings. The summed E-state index contributed by atoms with van der Waals surface area (Å²) in [5.74, 6) is 0.715. The third-order valence-corrected chi connectivity index (χ3v) is 4.24. The molecule has 0 aromatic carbocycles. The van der Waals surface area contributed by atoms with Crippen LogP contribution >= 0.6 is 0 Å². The van der Waals surface area contributed by atoms with E-state index < -0.39 is 0 Å². The highest BCUT2D eigenvalue weighted by Gasteiger charge is 2.15. The number of hydrogen-bond donors (Lipinski definition) is 1. The van der Waals surface area contributed by atoms with Crippen LogP contribution in [0.15, 0.2) is 0 Å². The Morgan fingerprint density at radius 2 is 1.10 bits per heavy atom. The van der Waals surface area contributed by atoms with Crippen molar-refractivity contribution in [3.05, 3.63) is 0 Å². The summed E-state index contributed by atoms with van der Waals surface area (Å²) in [4.78, 5) is 13.8. The van der Waals surface area contributed by atoms with E-state index >= 15 is 0 Å². The lowest BCUT2D eigenvalue weighted by molar-refractivity contribution is -0.133. The fourth-order valence-corrected chi connectivity index (χ4v) is 2.65. The average Bonchev–Trinajstić information content (AvgIpc) is 2.75. The lowest BCUT2D eigenvalue weighted by atomic mass is 10.2. The average molecular weight is 435 g/mol. The molecule has 0 atom stereocenters. The zero-order valence-electron chi connectivity index (χ0n) is 18.9. The molecule has 0 aromatic heterocycles. The van der Waals surface area contributed by atoms with E-state index in [1.165, 1.54) is 0 Å². The third-order valence-electron chi connectivity index (χ3n) is 4.24. The van der Waals surface area contributed by atoms with Gasteiger partial charge in [0.2, 0.25) is 5.91 Å². The van der Waals surface area contributed by atoms with E-state index in [-0.39, 0.29) is 5.91 Å². The monoisotopic (exact) mass is 434 g/mol. The van der Waals surface area contributed by atoms with Crippen molar-refractivity contribution in [1.29, 1.82) is 0 Å². The molecule has 9 nitrogen and oxygen atoms in total. The number of amides is 1. The molecule has 0 aromatic rings. The van der Waals surface area contributed by atoms with Crippen LogP contribution in [0.2, 0.25) is 0 Å². The van der Waals surface area contributed by atoms with E-state index in [2.05, 4.69) is 19.2 Å². The second-order valence-electron chi connectivity index (χ2n) is 7.41. The SMILES string of the molecule is CC(C)COCCOCCOCCOCCOCCOCCC(=O)N1CCNCC1. The van der Waals surface area contributed by atoms with Crippen LogP contribution < -0.4 is 5.32 Å². The molecule has 9 heteroatoms. The molecular formula is C21H42N2O7. The standard InChI is InChI=1S/C21H42N2O7/c1-20(2)19-30-18-17-29-16-15-28-14-13-27-12-11-26-10-9-25-8-3-21(24)23-6-4-22-5-7-23/h20,22H,3-19H2,1-2H3. The van der Waals surface area contributed by atoms with Crippen molar-refractivity contribution in [2.75, 3.05) is 105 Å². The van der Waals surface area contributed by atoms with Gasteiger partial charge in [-0.05, 0) is 5.92 Å². The predicted molar refractivity (Wildman–Crippen MR) is 114 cm³/mol. The van der Waals surface area contributed by atoms with Gasteiger partial charge in [0, 0.05) is 32.8 Å². The second kappa shape index (κ2) is 20.1. The highest BCUT2D eigenvalue weighted by Crippen LogP contribution is 1.97. The van der Waals surface area contributed by atoms with Gasteiger partial charge in [-0.2, -0.15) is 0 Å². The molecule has 0 unspecified atom stereocenters. The zero-order chi connectivity index (χ0) is 21.7. The van der Waals surface area contributed by atoms with E-state index in [4.69, 9.17) is 28.4 Å². The summed E-state index contributed by atoms with van der Waals surface area (Å²) < 4.78 is 32.6. The summed E-state index contributed by atoms with van der Waals surface area (Å²) in [7, 11) is 0. The van der Waals surface area contributed by atoms with Crippen LogP contribution in [0.3, 0.4) is 0 Å². The number of hydrogen-bond acceptors (Lipinski definition) is 8. The molecule has 0 bridgehead atoms. The molecule has 0 aliphatic carbocycles. The summed E-state index contributed by atoms with van der Waals surface area (Å²) in [6.07, 6.45) is 0.431. The van der Waals surface area contributed by atoms with Crippen LogP contribution in [-0.4, -0.2) is 116 Å². The number of rotatable bonds is 20. The van der Waals surface area contributed by atoms with Gasteiger partial charge in [0.15, 0.2) is 0 Å². The number of nitrogens with zero attached hydrogens (tertiary/aromatic N) is 1. The van der Waals surface area contributed by atoms with Gasteiger partial charge >= 0.3 is 0 Å². The first kappa shape index (κ1) is 27.2. The number of ether oxygens (including phenoxy) is 6. The quantitative estimate of drug-likeness (QED) is 0.278. The van der Waals surface area contributed by atoms with Gasteiger partial charge in [0.1, 0.15) is 0 Å². The molecule has 30 heavy (non-hydrogen) atoms. The van der Waals surface area contributed by atoms with Crippen molar-refractivity contribution in [2.24, 2.45) is 5.92 Å². The van der Waals surface area contributed by atoms with E-state index in [0.717, 1.165) is 32.8 Å². The van der Waals surface area contributed by atoms with E-state index in [1.54, 1.807) is 0 Å². The van der Waals surface area contributed by atoms with Crippen LogP contribution in [0.25, 0.3) is 0 Å². The highest BCUT2D eigenvalue weighted by atomic mass is 16.6. The van der Waals surface area contributed by atoms with Gasteiger partial charge in [0.25, 0.3) is 0 Å². The Balaban J connectivity index is 1.69. The highest BCUT2D eigenvalue weighted by molar-refractivity contribution is 5.76. The summed E-state index contributed by atoms with van der Waals surface area (Å²) in [5.41, 5.74) is 0. The van der Waals surface area contributed by atoms with Crippen LogP contribution in [-0.2, 0) is 33.2 Å². The molecule has 178 valence electrons. The Kier molecular flexibility index (Phi) is 18.3. The summed E-state index contributed by atoms with van der Waals surface area (Å²) >= 11 is 0. The minimum atomic E-state index is 0.162. The number of piperazine rings is 1. The Bertz CT molecular complexity index is 394. The Hall–Kier alpha value is -0.810. The van der Waals surface area contributed by atoms with Gasteiger partial charge in [-0.15, -0.1) is 0 Å². The molecule has 1 saturated heterocycles. The van der Waals surface area contributed by atoms with Crippen molar-refractivity contribution < 1.29 is 33.2 Å². The van der Waals surface area contributed by atoms with Gasteiger partial charge in [-0.3, -0.25) is 4.79 Å². The zero-order valence-corrected chi connectivity index (χ0v) is 18.9. The normalized spacial score (nSPS) is 14.6. The number of carbonyl (C=O) groups excluding carboxylic acids is 1. The van der Waals surface area contributed by atoms with Crippen molar-refractivity contribution >= 4 is 5.91 Å². The first-order chi connectivity index (χ1) is 14.7. The fraction of sp³-hybridized carbons (Fsp3) is 0.952. The molecule has 1 amide bonds. The molecule has 0 radical (unpaired) electrons. The first-order valence-corrected chi connectivity index (χ1v) is 11.1. The maximum absolute atomic E-state index is 11.9. The summed E-state index contributed by atoms with van der Waals surface area (Å²) in [5, 5.41) is 3.23. The Morgan fingerprint density at radius 1 is 0.700 bits per heavy atom. The smallest absolute Gasteiger partial charge is 0.224 e. The van der Waals surface area contributed by atoms with Crippen LogP contribution in [0.5, 0.6) is 0 Å². The lowest BCUT2D eigenvalue weighted by Gasteiger charge is -2.27. The predicted octanol–water partition coefficient (Wildman–Crippen LogP) is 0.564. The molecule has 1 N–H and O–H groups in total. The number of nitrogens with one attached hydrogen (secondary N) is 1. The minimum Gasteiger partial charge on any atom is -0.379 e. The van der Waals surface area contributed by atoms with E-state index in [0.29, 0.717) is 85.0 Å². The van der Waals surface area contributed by atoms with Crippen LogP contribution in [0.4, 0.5) is 0 Å². The van der Waals surface area contributed by atoms with Gasteiger partial charge in [0.05, 0.1) is 79.1 Å². The molecule has 1 rings (SSSR count). The topological polar surface area (TPSA) is 87.7 Å². The van der Waals surface area contributed by atoms with Crippen LogP contribution in [0, 0.1) is 5.92 Å². The number of carbonyl (C=O) groups is 1. The molecule has 0 saturated carbocycles.